The van der Waals surface area contributed by atoms with E-state index in [4.69, 9.17) is 0 Å². The Morgan fingerprint density at radius 2 is 1.80 bits per heavy atom. The second-order valence-corrected chi connectivity index (χ2v) is 9.64. The molecule has 0 bridgehead atoms. The Morgan fingerprint density at radius 3 is 2.50 bits per heavy atom. The lowest BCUT2D eigenvalue weighted by atomic mass is 9.96. The van der Waals surface area contributed by atoms with Gasteiger partial charge in [0, 0.05) is 31.4 Å². The first kappa shape index (κ1) is 20.5. The zero-order chi connectivity index (χ0) is 21.1. The van der Waals surface area contributed by atoms with Crippen molar-refractivity contribution in [2.75, 3.05) is 13.1 Å². The first-order valence-electron chi connectivity index (χ1n) is 10.1. The highest BCUT2D eigenvalue weighted by Gasteiger charge is 2.32. The van der Waals surface area contributed by atoms with Crippen LogP contribution in [0, 0.1) is 5.92 Å². The monoisotopic (exact) mass is 423 g/mol. The predicted molar refractivity (Wildman–Crippen MR) is 116 cm³/mol. The molecule has 0 saturated carbocycles. The highest BCUT2D eigenvalue weighted by Crippen LogP contribution is 2.26. The molecule has 0 aliphatic carbocycles. The number of pyridine rings is 1. The highest BCUT2D eigenvalue weighted by molar-refractivity contribution is 7.89. The van der Waals surface area contributed by atoms with Gasteiger partial charge in [0.1, 0.15) is 0 Å². The van der Waals surface area contributed by atoms with E-state index in [1.54, 1.807) is 24.5 Å². The summed E-state index contributed by atoms with van der Waals surface area (Å²) in [6.07, 6.45) is 4.46. The van der Waals surface area contributed by atoms with Gasteiger partial charge in [-0.25, -0.2) is 8.42 Å². The van der Waals surface area contributed by atoms with Gasteiger partial charge in [-0.05, 0) is 54.3 Å². The third-order valence-corrected chi connectivity index (χ3v) is 7.62. The summed E-state index contributed by atoms with van der Waals surface area (Å²) in [5.41, 5.74) is 0.946. The molecule has 3 aromatic rings. The van der Waals surface area contributed by atoms with Crippen LogP contribution in [-0.4, -0.2) is 36.7 Å². The summed E-state index contributed by atoms with van der Waals surface area (Å²) < 4.78 is 27.7. The summed E-state index contributed by atoms with van der Waals surface area (Å²) in [5.74, 6) is -0.221. The average molecular weight is 424 g/mol. The Balaban J connectivity index is 1.40. The summed E-state index contributed by atoms with van der Waals surface area (Å²) in [6.45, 7) is 2.61. The zero-order valence-corrected chi connectivity index (χ0v) is 17.7. The number of sulfonamides is 1. The summed E-state index contributed by atoms with van der Waals surface area (Å²) in [7, 11) is -3.58. The van der Waals surface area contributed by atoms with Crippen molar-refractivity contribution in [3.8, 4) is 0 Å². The van der Waals surface area contributed by atoms with Crippen LogP contribution in [-0.2, 0) is 14.8 Å². The molecule has 0 radical (unpaired) electrons. The SMILES string of the molecule is CC(NC(=O)C1CCN(S(=O)(=O)c2ccc3ccccc3c2)CC1)c1cccnc1. The van der Waals surface area contributed by atoms with E-state index < -0.39 is 10.0 Å². The molecular formula is C23H25N3O3S. The fraction of sp³-hybridized carbons (Fsp3) is 0.304. The molecule has 1 fully saturated rings. The van der Waals surface area contributed by atoms with Gasteiger partial charge in [0.25, 0.3) is 0 Å². The number of amides is 1. The average Bonchev–Trinajstić information content (AvgIpc) is 2.79. The van der Waals surface area contributed by atoms with E-state index in [-0.39, 0.29) is 17.9 Å². The Morgan fingerprint density at radius 1 is 1.07 bits per heavy atom. The Bertz CT molecular complexity index is 1140. The molecule has 2 heterocycles. The normalized spacial score (nSPS) is 17.0. The number of piperidine rings is 1. The number of benzene rings is 2. The molecular weight excluding hydrogens is 398 g/mol. The van der Waals surface area contributed by atoms with Crippen molar-refractivity contribution in [2.24, 2.45) is 5.92 Å². The molecule has 30 heavy (non-hydrogen) atoms. The number of hydrogen-bond acceptors (Lipinski definition) is 4. The van der Waals surface area contributed by atoms with Gasteiger partial charge in [0.15, 0.2) is 0 Å². The molecule has 2 aromatic carbocycles. The van der Waals surface area contributed by atoms with Crippen LogP contribution in [0.2, 0.25) is 0 Å². The third kappa shape index (κ3) is 4.22. The first-order valence-corrected chi connectivity index (χ1v) is 11.6. The van der Waals surface area contributed by atoms with Gasteiger partial charge in [-0.1, -0.05) is 36.4 Å². The predicted octanol–water partition coefficient (Wildman–Crippen LogP) is 3.51. The van der Waals surface area contributed by atoms with Gasteiger partial charge in [-0.15, -0.1) is 0 Å². The number of nitrogens with one attached hydrogen (secondary N) is 1. The van der Waals surface area contributed by atoms with Crippen LogP contribution in [0.15, 0.2) is 71.9 Å². The maximum absolute atomic E-state index is 13.1. The molecule has 1 amide bonds. The number of rotatable bonds is 5. The van der Waals surface area contributed by atoms with Crippen molar-refractivity contribution in [3.05, 3.63) is 72.6 Å². The second kappa shape index (κ2) is 8.53. The molecule has 1 aliphatic heterocycles. The second-order valence-electron chi connectivity index (χ2n) is 7.70. The lowest BCUT2D eigenvalue weighted by Gasteiger charge is -2.31. The first-order chi connectivity index (χ1) is 14.4. The summed E-state index contributed by atoms with van der Waals surface area (Å²) in [6, 6.07) is 16.6. The zero-order valence-electron chi connectivity index (χ0n) is 16.9. The molecule has 156 valence electrons. The smallest absolute Gasteiger partial charge is 0.243 e. The molecule has 7 heteroatoms. The summed E-state index contributed by atoms with van der Waals surface area (Å²) in [4.78, 5) is 17.0. The maximum Gasteiger partial charge on any atom is 0.243 e. The lowest BCUT2D eigenvalue weighted by molar-refractivity contribution is -0.126. The van der Waals surface area contributed by atoms with Gasteiger partial charge in [-0.2, -0.15) is 4.31 Å². The Labute approximate surface area is 177 Å². The topological polar surface area (TPSA) is 79.4 Å². The molecule has 4 rings (SSSR count). The van der Waals surface area contributed by atoms with Gasteiger partial charge in [0.05, 0.1) is 10.9 Å². The highest BCUT2D eigenvalue weighted by atomic mass is 32.2. The van der Waals surface area contributed by atoms with E-state index in [9.17, 15) is 13.2 Å². The molecule has 1 saturated heterocycles. The van der Waals surface area contributed by atoms with Gasteiger partial charge < -0.3 is 5.32 Å². The number of carbonyl (C=O) groups is 1. The van der Waals surface area contributed by atoms with E-state index in [2.05, 4.69) is 10.3 Å². The lowest BCUT2D eigenvalue weighted by Crippen LogP contribution is -2.43. The van der Waals surface area contributed by atoms with Crippen molar-refractivity contribution in [1.29, 1.82) is 0 Å². The van der Waals surface area contributed by atoms with Gasteiger partial charge >= 0.3 is 0 Å². The molecule has 1 unspecified atom stereocenters. The van der Waals surface area contributed by atoms with Crippen molar-refractivity contribution < 1.29 is 13.2 Å². The minimum atomic E-state index is -3.58. The maximum atomic E-state index is 13.1. The van der Waals surface area contributed by atoms with E-state index in [0.29, 0.717) is 30.8 Å². The van der Waals surface area contributed by atoms with Crippen LogP contribution in [0.1, 0.15) is 31.4 Å². The van der Waals surface area contributed by atoms with Crippen LogP contribution < -0.4 is 5.32 Å². The molecule has 1 aliphatic rings. The van der Waals surface area contributed by atoms with Crippen molar-refractivity contribution in [3.63, 3.8) is 0 Å². The minimum Gasteiger partial charge on any atom is -0.349 e. The number of fused-ring (bicyclic) bond motifs is 1. The Hall–Kier alpha value is -2.77. The molecule has 1 N–H and O–H groups in total. The minimum absolute atomic E-state index is 0.0332. The van der Waals surface area contributed by atoms with E-state index >= 15 is 0 Å². The summed E-state index contributed by atoms with van der Waals surface area (Å²) in [5, 5.41) is 4.93. The van der Waals surface area contributed by atoms with Crippen LogP contribution in [0.3, 0.4) is 0 Å². The van der Waals surface area contributed by atoms with E-state index in [0.717, 1.165) is 16.3 Å². The van der Waals surface area contributed by atoms with E-state index in [1.807, 2.05) is 49.4 Å². The number of hydrogen-bond donors (Lipinski definition) is 1. The van der Waals surface area contributed by atoms with Crippen molar-refractivity contribution in [1.82, 2.24) is 14.6 Å². The van der Waals surface area contributed by atoms with Crippen LogP contribution in [0.4, 0.5) is 0 Å². The van der Waals surface area contributed by atoms with E-state index in [1.165, 1.54) is 4.31 Å². The van der Waals surface area contributed by atoms with Crippen molar-refractivity contribution >= 4 is 26.7 Å². The quantitative estimate of drug-likeness (QED) is 0.681. The molecule has 1 atom stereocenters. The number of carbonyl (C=O) groups excluding carboxylic acids is 1. The standard InChI is InChI=1S/C23H25N3O3S/c1-17(21-7-4-12-24-16-21)25-23(27)19-10-13-26(14-11-19)30(28,29)22-9-8-18-5-2-3-6-20(18)15-22/h2-9,12,15-17,19H,10-11,13-14H2,1H3,(H,25,27). The number of nitrogens with zero attached hydrogens (tertiary/aromatic N) is 2. The fourth-order valence-electron chi connectivity index (χ4n) is 3.88. The molecule has 1 aromatic heterocycles. The number of aromatic nitrogens is 1. The fourth-order valence-corrected chi connectivity index (χ4v) is 5.39. The van der Waals surface area contributed by atoms with Crippen molar-refractivity contribution in [2.45, 2.75) is 30.7 Å². The largest absolute Gasteiger partial charge is 0.349 e. The van der Waals surface area contributed by atoms with Crippen LogP contribution >= 0.6 is 0 Å². The van der Waals surface area contributed by atoms with Gasteiger partial charge in [0.2, 0.25) is 15.9 Å². The van der Waals surface area contributed by atoms with Gasteiger partial charge in [-0.3, -0.25) is 9.78 Å². The third-order valence-electron chi connectivity index (χ3n) is 5.73. The molecule has 6 nitrogen and oxygen atoms in total. The van der Waals surface area contributed by atoms with Crippen LogP contribution in [0.5, 0.6) is 0 Å². The summed E-state index contributed by atoms with van der Waals surface area (Å²) >= 11 is 0. The Kier molecular flexibility index (Phi) is 5.83. The molecule has 0 spiro atoms. The van der Waals surface area contributed by atoms with Crippen LogP contribution in [0.25, 0.3) is 10.8 Å².